The van der Waals surface area contributed by atoms with Gasteiger partial charge in [0.1, 0.15) is 0 Å². The Hall–Kier alpha value is -0.220. The molecule has 0 heterocycles. The molecule has 0 aliphatic carbocycles. The van der Waals surface area contributed by atoms with Crippen molar-refractivity contribution in [3.63, 3.8) is 0 Å². The van der Waals surface area contributed by atoms with Crippen molar-refractivity contribution in [1.29, 1.82) is 0 Å². The van der Waals surface area contributed by atoms with Crippen LogP contribution in [0.15, 0.2) is 0 Å². The molecule has 0 aromatic rings. The predicted molar refractivity (Wildman–Crippen MR) is 79.8 cm³/mol. The summed E-state index contributed by atoms with van der Waals surface area (Å²) in [7, 11) is 0. The molecule has 0 aliphatic rings. The number of carbonyl (C=O) groups excluding carboxylic acids is 1. The van der Waals surface area contributed by atoms with Gasteiger partial charge < -0.3 is 10.5 Å². The van der Waals surface area contributed by atoms with Crippen LogP contribution in [0.5, 0.6) is 0 Å². The van der Waals surface area contributed by atoms with Crippen LogP contribution in [0.25, 0.3) is 0 Å². The Labute approximate surface area is 116 Å². The molecule has 0 radical (unpaired) electrons. The standard InChI is InChI=1S/C14H29NO2S/c1-5-17-13(16)14(11-15,10-12(3)4)8-7-9-18-6-2/h12H,5-11,15H2,1-4H3. The van der Waals surface area contributed by atoms with Crippen LogP contribution < -0.4 is 5.73 Å². The van der Waals surface area contributed by atoms with Gasteiger partial charge in [0.15, 0.2) is 0 Å². The van der Waals surface area contributed by atoms with Gasteiger partial charge in [-0.05, 0) is 43.6 Å². The highest BCUT2D eigenvalue weighted by Gasteiger charge is 2.38. The Bertz CT molecular complexity index is 234. The molecule has 0 aromatic heterocycles. The predicted octanol–water partition coefficient (Wildman–Crippen LogP) is 3.07. The maximum absolute atomic E-state index is 12.2. The van der Waals surface area contributed by atoms with Gasteiger partial charge >= 0.3 is 5.97 Å². The molecule has 0 saturated heterocycles. The largest absolute Gasteiger partial charge is 0.466 e. The van der Waals surface area contributed by atoms with Gasteiger partial charge in [0.05, 0.1) is 12.0 Å². The van der Waals surface area contributed by atoms with E-state index in [2.05, 4.69) is 20.8 Å². The molecule has 0 aromatic carbocycles. The van der Waals surface area contributed by atoms with Gasteiger partial charge in [-0.15, -0.1) is 0 Å². The van der Waals surface area contributed by atoms with Gasteiger partial charge in [0.25, 0.3) is 0 Å². The second-order valence-electron chi connectivity index (χ2n) is 5.10. The summed E-state index contributed by atoms with van der Waals surface area (Å²) < 4.78 is 5.23. The molecular weight excluding hydrogens is 246 g/mol. The molecule has 0 amide bonds. The summed E-state index contributed by atoms with van der Waals surface area (Å²) in [6.45, 7) is 9.08. The monoisotopic (exact) mass is 275 g/mol. The van der Waals surface area contributed by atoms with Gasteiger partial charge in [0, 0.05) is 6.54 Å². The second-order valence-corrected chi connectivity index (χ2v) is 6.50. The van der Waals surface area contributed by atoms with Gasteiger partial charge in [0.2, 0.25) is 0 Å². The zero-order valence-corrected chi connectivity index (χ0v) is 13.1. The lowest BCUT2D eigenvalue weighted by atomic mass is 9.76. The molecule has 0 spiro atoms. The molecule has 0 bridgehead atoms. The molecule has 0 aliphatic heterocycles. The van der Waals surface area contributed by atoms with E-state index in [9.17, 15) is 4.79 Å². The van der Waals surface area contributed by atoms with E-state index in [0.29, 0.717) is 19.1 Å². The van der Waals surface area contributed by atoms with Crippen molar-refractivity contribution >= 4 is 17.7 Å². The molecule has 18 heavy (non-hydrogen) atoms. The van der Waals surface area contributed by atoms with Crippen molar-refractivity contribution in [2.24, 2.45) is 17.1 Å². The maximum Gasteiger partial charge on any atom is 0.313 e. The summed E-state index contributed by atoms with van der Waals surface area (Å²) in [5.41, 5.74) is 5.42. The lowest BCUT2D eigenvalue weighted by molar-refractivity contribution is -0.156. The van der Waals surface area contributed by atoms with Crippen molar-refractivity contribution in [1.82, 2.24) is 0 Å². The van der Waals surface area contributed by atoms with Crippen LogP contribution in [-0.4, -0.2) is 30.6 Å². The van der Waals surface area contributed by atoms with Crippen molar-refractivity contribution < 1.29 is 9.53 Å². The van der Waals surface area contributed by atoms with Gasteiger partial charge in [-0.1, -0.05) is 20.8 Å². The number of thioether (sulfide) groups is 1. The van der Waals surface area contributed by atoms with Crippen molar-refractivity contribution in [2.75, 3.05) is 24.7 Å². The number of nitrogens with two attached hydrogens (primary N) is 1. The van der Waals surface area contributed by atoms with E-state index in [4.69, 9.17) is 10.5 Å². The molecule has 3 nitrogen and oxygen atoms in total. The fraction of sp³-hybridized carbons (Fsp3) is 0.929. The molecule has 2 N–H and O–H groups in total. The third kappa shape index (κ3) is 6.10. The van der Waals surface area contributed by atoms with Gasteiger partial charge in [-0.25, -0.2) is 0 Å². The molecule has 4 heteroatoms. The first kappa shape index (κ1) is 17.8. The lowest BCUT2D eigenvalue weighted by Gasteiger charge is -2.31. The van der Waals surface area contributed by atoms with Crippen LogP contribution in [0.1, 0.15) is 47.0 Å². The molecule has 0 rings (SSSR count). The summed E-state index contributed by atoms with van der Waals surface area (Å²) in [4.78, 5) is 12.2. The lowest BCUT2D eigenvalue weighted by Crippen LogP contribution is -2.41. The molecular formula is C14H29NO2S. The topological polar surface area (TPSA) is 52.3 Å². The van der Waals surface area contributed by atoms with E-state index in [1.54, 1.807) is 0 Å². The smallest absolute Gasteiger partial charge is 0.313 e. The van der Waals surface area contributed by atoms with E-state index >= 15 is 0 Å². The van der Waals surface area contributed by atoms with E-state index in [0.717, 1.165) is 30.8 Å². The summed E-state index contributed by atoms with van der Waals surface area (Å²) >= 11 is 1.91. The first-order valence-electron chi connectivity index (χ1n) is 6.97. The van der Waals surface area contributed by atoms with E-state index in [-0.39, 0.29) is 5.97 Å². The van der Waals surface area contributed by atoms with Crippen LogP contribution in [0.3, 0.4) is 0 Å². The fourth-order valence-corrected chi connectivity index (χ4v) is 2.92. The minimum atomic E-state index is -0.474. The van der Waals surface area contributed by atoms with E-state index < -0.39 is 5.41 Å². The Morgan fingerprint density at radius 3 is 2.50 bits per heavy atom. The van der Waals surface area contributed by atoms with Gasteiger partial charge in [-0.2, -0.15) is 11.8 Å². The number of hydrogen-bond acceptors (Lipinski definition) is 4. The Morgan fingerprint density at radius 1 is 1.39 bits per heavy atom. The number of carbonyl (C=O) groups is 1. The first-order chi connectivity index (χ1) is 8.52. The average molecular weight is 275 g/mol. The van der Waals surface area contributed by atoms with Crippen LogP contribution >= 0.6 is 11.8 Å². The Balaban J connectivity index is 4.59. The number of hydrogen-bond donors (Lipinski definition) is 1. The summed E-state index contributed by atoms with van der Waals surface area (Å²) in [6.07, 6.45) is 2.69. The Morgan fingerprint density at radius 2 is 2.06 bits per heavy atom. The van der Waals surface area contributed by atoms with Crippen LogP contribution in [0.2, 0.25) is 0 Å². The zero-order valence-electron chi connectivity index (χ0n) is 12.3. The highest BCUT2D eigenvalue weighted by molar-refractivity contribution is 7.99. The molecule has 1 unspecified atom stereocenters. The minimum Gasteiger partial charge on any atom is -0.466 e. The zero-order chi connectivity index (χ0) is 14.0. The summed E-state index contributed by atoms with van der Waals surface area (Å²) in [6, 6.07) is 0. The number of esters is 1. The quantitative estimate of drug-likeness (QED) is 0.492. The van der Waals surface area contributed by atoms with E-state index in [1.165, 1.54) is 0 Å². The fourth-order valence-electron chi connectivity index (χ4n) is 2.28. The van der Waals surface area contributed by atoms with Crippen LogP contribution in [0, 0.1) is 11.3 Å². The number of ether oxygens (including phenoxy) is 1. The third-order valence-corrected chi connectivity index (χ3v) is 4.03. The second kappa shape index (κ2) is 9.68. The molecule has 0 fully saturated rings. The summed E-state index contributed by atoms with van der Waals surface area (Å²) in [5, 5.41) is 0. The van der Waals surface area contributed by atoms with Crippen LogP contribution in [-0.2, 0) is 9.53 Å². The first-order valence-corrected chi connectivity index (χ1v) is 8.13. The van der Waals surface area contributed by atoms with E-state index in [1.807, 2.05) is 18.7 Å². The highest BCUT2D eigenvalue weighted by Crippen LogP contribution is 2.33. The maximum atomic E-state index is 12.2. The normalized spacial score (nSPS) is 14.6. The minimum absolute atomic E-state index is 0.109. The van der Waals surface area contributed by atoms with Crippen molar-refractivity contribution in [2.45, 2.75) is 47.0 Å². The molecule has 1 atom stereocenters. The third-order valence-electron chi connectivity index (χ3n) is 3.05. The highest BCUT2D eigenvalue weighted by atomic mass is 32.2. The molecule has 0 saturated carbocycles. The SMILES string of the molecule is CCOC(=O)C(CN)(CCCSCC)CC(C)C. The number of rotatable bonds is 10. The summed E-state index contributed by atoms with van der Waals surface area (Å²) in [5.74, 6) is 2.56. The van der Waals surface area contributed by atoms with Crippen molar-refractivity contribution in [3.8, 4) is 0 Å². The van der Waals surface area contributed by atoms with Crippen LogP contribution in [0.4, 0.5) is 0 Å². The Kier molecular flexibility index (Phi) is 9.56. The molecule has 108 valence electrons. The van der Waals surface area contributed by atoms with Crippen molar-refractivity contribution in [3.05, 3.63) is 0 Å². The average Bonchev–Trinajstić information content (AvgIpc) is 2.33. The van der Waals surface area contributed by atoms with Gasteiger partial charge in [-0.3, -0.25) is 4.79 Å².